The van der Waals surface area contributed by atoms with Crippen molar-refractivity contribution < 1.29 is 23.7 Å². The van der Waals surface area contributed by atoms with Crippen LogP contribution in [0.15, 0.2) is 42.5 Å². The highest BCUT2D eigenvalue weighted by Crippen LogP contribution is 2.36. The molecule has 0 amide bonds. The maximum Gasteiger partial charge on any atom is 0.203 e. The number of para-hydroxylation sites is 3. The molecule has 1 heterocycles. The Hall–Kier alpha value is -2.60. The van der Waals surface area contributed by atoms with Crippen LogP contribution >= 0.6 is 0 Å². The van der Waals surface area contributed by atoms with Crippen molar-refractivity contribution in [1.82, 2.24) is 5.32 Å². The molecule has 2 atom stereocenters. The highest BCUT2D eigenvalue weighted by atomic mass is 16.6. The van der Waals surface area contributed by atoms with Gasteiger partial charge in [-0.25, -0.2) is 0 Å². The van der Waals surface area contributed by atoms with Gasteiger partial charge < -0.3 is 29.0 Å². The first-order chi connectivity index (χ1) is 13.3. The molecule has 0 saturated carbocycles. The van der Waals surface area contributed by atoms with Crippen LogP contribution in [0.2, 0.25) is 0 Å². The first kappa shape index (κ1) is 19.2. The van der Waals surface area contributed by atoms with Crippen LogP contribution in [0.1, 0.15) is 13.3 Å². The predicted molar refractivity (Wildman–Crippen MR) is 103 cm³/mol. The number of rotatable bonds is 9. The van der Waals surface area contributed by atoms with Crippen molar-refractivity contribution in [3.63, 3.8) is 0 Å². The Balaban J connectivity index is 1.53. The van der Waals surface area contributed by atoms with Gasteiger partial charge in [-0.2, -0.15) is 0 Å². The molecule has 27 heavy (non-hydrogen) atoms. The molecule has 1 aliphatic heterocycles. The molecule has 0 radical (unpaired) electrons. The molecule has 1 N–H and O–H groups in total. The second-order valence-corrected chi connectivity index (χ2v) is 6.22. The maximum absolute atomic E-state index is 6.10. The molecule has 0 saturated heterocycles. The average molecular weight is 373 g/mol. The normalized spacial score (nSPS) is 16.5. The second kappa shape index (κ2) is 9.37. The van der Waals surface area contributed by atoms with Crippen molar-refractivity contribution in [3.05, 3.63) is 42.5 Å². The fourth-order valence-electron chi connectivity index (χ4n) is 3.13. The molecule has 0 aromatic heterocycles. The SMILES string of the molecule is CC[C@H](NCCOc1c(OC)cccc1OC)[C@@H]1COc2ccccc2O1. The highest BCUT2D eigenvalue weighted by Gasteiger charge is 2.27. The van der Waals surface area contributed by atoms with E-state index in [2.05, 4.69) is 12.2 Å². The van der Waals surface area contributed by atoms with Crippen LogP contribution in [0.4, 0.5) is 0 Å². The summed E-state index contributed by atoms with van der Waals surface area (Å²) in [6.45, 7) is 3.81. The van der Waals surface area contributed by atoms with Gasteiger partial charge >= 0.3 is 0 Å². The molecule has 0 aliphatic carbocycles. The zero-order valence-corrected chi connectivity index (χ0v) is 16.1. The molecule has 6 nitrogen and oxygen atoms in total. The van der Waals surface area contributed by atoms with Gasteiger partial charge in [0.05, 0.1) is 14.2 Å². The average Bonchev–Trinajstić information content (AvgIpc) is 2.73. The van der Waals surface area contributed by atoms with Gasteiger partial charge in [0, 0.05) is 12.6 Å². The zero-order chi connectivity index (χ0) is 19.1. The van der Waals surface area contributed by atoms with Crippen LogP contribution < -0.4 is 29.0 Å². The summed E-state index contributed by atoms with van der Waals surface area (Å²) >= 11 is 0. The molecule has 2 aromatic carbocycles. The van der Waals surface area contributed by atoms with E-state index in [1.807, 2.05) is 42.5 Å². The Morgan fingerprint density at radius 3 is 2.41 bits per heavy atom. The minimum absolute atomic E-state index is 0.0364. The topological polar surface area (TPSA) is 58.2 Å². The number of nitrogens with one attached hydrogen (secondary N) is 1. The van der Waals surface area contributed by atoms with Crippen molar-refractivity contribution in [1.29, 1.82) is 0 Å². The van der Waals surface area contributed by atoms with Gasteiger partial charge in [-0.1, -0.05) is 25.1 Å². The number of fused-ring (bicyclic) bond motifs is 1. The van der Waals surface area contributed by atoms with Crippen molar-refractivity contribution in [2.24, 2.45) is 0 Å². The number of hydrogen-bond donors (Lipinski definition) is 1. The summed E-state index contributed by atoms with van der Waals surface area (Å²) in [7, 11) is 3.23. The van der Waals surface area contributed by atoms with Crippen molar-refractivity contribution >= 4 is 0 Å². The molecule has 2 aromatic rings. The fraction of sp³-hybridized carbons (Fsp3) is 0.429. The monoisotopic (exact) mass is 373 g/mol. The van der Waals surface area contributed by atoms with E-state index in [4.69, 9.17) is 23.7 Å². The van der Waals surface area contributed by atoms with Gasteiger partial charge in [0.25, 0.3) is 0 Å². The first-order valence-corrected chi connectivity index (χ1v) is 9.22. The molecule has 0 spiro atoms. The third-order valence-electron chi connectivity index (χ3n) is 4.56. The van der Waals surface area contributed by atoms with Gasteiger partial charge in [-0.05, 0) is 30.7 Å². The smallest absolute Gasteiger partial charge is 0.203 e. The molecule has 0 unspecified atom stereocenters. The number of hydrogen-bond acceptors (Lipinski definition) is 6. The first-order valence-electron chi connectivity index (χ1n) is 9.22. The van der Waals surface area contributed by atoms with E-state index < -0.39 is 0 Å². The zero-order valence-electron chi connectivity index (χ0n) is 16.1. The minimum Gasteiger partial charge on any atom is -0.493 e. The Morgan fingerprint density at radius 2 is 1.74 bits per heavy atom. The van der Waals surface area contributed by atoms with Crippen LogP contribution in [0, 0.1) is 0 Å². The van der Waals surface area contributed by atoms with E-state index in [0.29, 0.717) is 37.0 Å². The summed E-state index contributed by atoms with van der Waals surface area (Å²) in [5, 5.41) is 3.50. The summed E-state index contributed by atoms with van der Waals surface area (Å²) in [4.78, 5) is 0. The molecule has 6 heteroatoms. The largest absolute Gasteiger partial charge is 0.493 e. The van der Waals surface area contributed by atoms with E-state index in [9.17, 15) is 0 Å². The van der Waals surface area contributed by atoms with Gasteiger partial charge in [0.1, 0.15) is 19.3 Å². The van der Waals surface area contributed by atoms with Gasteiger partial charge in [0.15, 0.2) is 23.0 Å². The van der Waals surface area contributed by atoms with E-state index in [-0.39, 0.29) is 12.1 Å². The number of benzene rings is 2. The standard InChI is InChI=1S/C21H27NO5/c1-4-15(20-14-26-16-8-5-6-9-17(16)27-20)22-12-13-25-21-18(23-2)10-7-11-19(21)24-3/h5-11,15,20,22H,4,12-14H2,1-3H3/t15-,20-/m0/s1. The van der Waals surface area contributed by atoms with Crippen LogP contribution in [0.3, 0.4) is 0 Å². The van der Waals surface area contributed by atoms with E-state index in [1.54, 1.807) is 14.2 Å². The van der Waals surface area contributed by atoms with Crippen molar-refractivity contribution in [2.75, 3.05) is 34.0 Å². The Bertz CT molecular complexity index is 714. The molecular formula is C21H27NO5. The summed E-state index contributed by atoms with van der Waals surface area (Å²) in [5.74, 6) is 3.52. The second-order valence-electron chi connectivity index (χ2n) is 6.22. The Morgan fingerprint density at radius 1 is 1.04 bits per heavy atom. The molecule has 0 fully saturated rings. The lowest BCUT2D eigenvalue weighted by molar-refractivity contribution is 0.0596. The number of ether oxygens (including phenoxy) is 5. The Kier molecular flexibility index (Phi) is 6.65. The summed E-state index contributed by atoms with van der Waals surface area (Å²) in [6.07, 6.45) is 0.888. The summed E-state index contributed by atoms with van der Waals surface area (Å²) in [6, 6.07) is 13.5. The van der Waals surface area contributed by atoms with Crippen molar-refractivity contribution in [3.8, 4) is 28.7 Å². The van der Waals surface area contributed by atoms with Gasteiger partial charge in [-0.15, -0.1) is 0 Å². The van der Waals surface area contributed by atoms with E-state index in [0.717, 1.165) is 17.9 Å². The van der Waals surface area contributed by atoms with Crippen LogP contribution in [-0.4, -0.2) is 46.1 Å². The van der Waals surface area contributed by atoms with Crippen LogP contribution in [0.25, 0.3) is 0 Å². The lowest BCUT2D eigenvalue weighted by Gasteiger charge is -2.32. The molecule has 146 valence electrons. The Labute approximate surface area is 160 Å². The minimum atomic E-state index is -0.0364. The van der Waals surface area contributed by atoms with Gasteiger partial charge in [0.2, 0.25) is 5.75 Å². The third-order valence-corrected chi connectivity index (χ3v) is 4.56. The van der Waals surface area contributed by atoms with E-state index >= 15 is 0 Å². The summed E-state index contributed by atoms with van der Waals surface area (Å²) in [5.41, 5.74) is 0. The fourth-order valence-corrected chi connectivity index (χ4v) is 3.13. The van der Waals surface area contributed by atoms with Crippen LogP contribution in [0.5, 0.6) is 28.7 Å². The third kappa shape index (κ3) is 4.57. The molecule has 1 aliphatic rings. The van der Waals surface area contributed by atoms with Crippen LogP contribution in [-0.2, 0) is 0 Å². The lowest BCUT2D eigenvalue weighted by atomic mass is 10.1. The maximum atomic E-state index is 6.10. The highest BCUT2D eigenvalue weighted by molar-refractivity contribution is 5.51. The van der Waals surface area contributed by atoms with E-state index in [1.165, 1.54) is 0 Å². The molecule has 3 rings (SSSR count). The lowest BCUT2D eigenvalue weighted by Crippen LogP contribution is -2.48. The van der Waals surface area contributed by atoms with Crippen molar-refractivity contribution in [2.45, 2.75) is 25.5 Å². The number of methoxy groups -OCH3 is 2. The molecular weight excluding hydrogens is 346 g/mol. The predicted octanol–water partition coefficient (Wildman–Crippen LogP) is 3.29. The molecule has 0 bridgehead atoms. The van der Waals surface area contributed by atoms with Gasteiger partial charge in [-0.3, -0.25) is 0 Å². The quantitative estimate of drug-likeness (QED) is 0.681. The summed E-state index contributed by atoms with van der Waals surface area (Å²) < 4.78 is 28.5.